The van der Waals surface area contributed by atoms with Crippen LogP contribution in [0.4, 0.5) is 9.52 Å². The third kappa shape index (κ3) is 5.72. The lowest BCUT2D eigenvalue weighted by Gasteiger charge is -2.33. The van der Waals surface area contributed by atoms with E-state index in [1.54, 1.807) is 41.3 Å². The van der Waals surface area contributed by atoms with Gasteiger partial charge in [0.05, 0.1) is 9.60 Å². The molecule has 1 aliphatic rings. The third-order valence-corrected chi connectivity index (χ3v) is 9.26. The Morgan fingerprint density at radius 2 is 1.80 bits per heavy atom. The Morgan fingerprint density at radius 3 is 2.43 bits per heavy atom. The molecule has 1 amide bonds. The van der Waals surface area contributed by atoms with Crippen molar-refractivity contribution in [2.45, 2.75) is 31.1 Å². The van der Waals surface area contributed by atoms with E-state index in [1.807, 2.05) is 21.0 Å². The Hall–Kier alpha value is -2.40. The first-order chi connectivity index (χ1) is 16.7. The number of piperidine rings is 1. The van der Waals surface area contributed by atoms with Gasteiger partial charge in [-0.2, -0.15) is 4.31 Å². The van der Waals surface area contributed by atoms with Crippen molar-refractivity contribution in [1.29, 1.82) is 0 Å². The maximum atomic E-state index is 14.3. The molecular weight excluding hydrogens is 487 g/mol. The van der Waals surface area contributed by atoms with Gasteiger partial charge in [-0.05, 0) is 71.1 Å². The molecule has 1 aliphatic heterocycles. The second kappa shape index (κ2) is 10.7. The number of nitrogens with zero attached hydrogens (tertiary/aromatic N) is 4. The van der Waals surface area contributed by atoms with Gasteiger partial charge in [0.15, 0.2) is 5.13 Å². The molecule has 0 aliphatic carbocycles. The van der Waals surface area contributed by atoms with Crippen molar-refractivity contribution in [2.24, 2.45) is 5.92 Å². The summed E-state index contributed by atoms with van der Waals surface area (Å²) in [5.41, 5.74) is 1.27. The largest absolute Gasteiger partial charge is 0.309 e. The van der Waals surface area contributed by atoms with Gasteiger partial charge in [-0.15, -0.1) is 0 Å². The van der Waals surface area contributed by atoms with E-state index in [4.69, 9.17) is 0 Å². The number of hydrogen-bond acceptors (Lipinski definition) is 6. The minimum absolute atomic E-state index is 0.0735. The number of thiazole rings is 1. The number of anilines is 1. The van der Waals surface area contributed by atoms with Crippen LogP contribution in [0.15, 0.2) is 47.4 Å². The first kappa shape index (κ1) is 25.7. The number of aromatic nitrogens is 1. The standard InChI is InChI=1S/C25H31FN4O3S2/c1-18-8-10-20(11-9-18)35(32,33)29-16-12-19(13-17-29)24(31)30(15-5-14-28(2)3)25-27-23-21(26)6-4-7-22(23)34-25/h4,6-11,19H,5,12-17H2,1-3H3. The summed E-state index contributed by atoms with van der Waals surface area (Å²) in [6.45, 7) is 3.76. The Morgan fingerprint density at radius 1 is 1.11 bits per heavy atom. The van der Waals surface area contributed by atoms with Gasteiger partial charge in [0.25, 0.3) is 0 Å². The molecule has 0 N–H and O–H groups in total. The number of fused-ring (bicyclic) bond motifs is 1. The molecule has 188 valence electrons. The van der Waals surface area contributed by atoms with Crippen molar-refractivity contribution in [3.05, 3.63) is 53.8 Å². The maximum absolute atomic E-state index is 14.3. The van der Waals surface area contributed by atoms with E-state index in [-0.39, 0.29) is 35.3 Å². The summed E-state index contributed by atoms with van der Waals surface area (Å²) in [5, 5.41) is 0.489. The number of aryl methyl sites for hydroxylation is 1. The average Bonchev–Trinajstić information content (AvgIpc) is 3.27. The van der Waals surface area contributed by atoms with E-state index >= 15 is 0 Å². The second-order valence-corrected chi connectivity index (χ2v) is 12.2. The van der Waals surface area contributed by atoms with Crippen LogP contribution in [0, 0.1) is 18.7 Å². The number of para-hydroxylation sites is 1. The van der Waals surface area contributed by atoms with Crippen molar-refractivity contribution in [2.75, 3.05) is 45.2 Å². The van der Waals surface area contributed by atoms with Gasteiger partial charge in [0, 0.05) is 25.6 Å². The van der Waals surface area contributed by atoms with E-state index in [9.17, 15) is 17.6 Å². The molecule has 0 saturated carbocycles. The zero-order valence-electron chi connectivity index (χ0n) is 20.3. The Balaban J connectivity index is 1.50. The molecule has 1 saturated heterocycles. The van der Waals surface area contributed by atoms with Gasteiger partial charge in [-0.3, -0.25) is 9.69 Å². The molecule has 1 aromatic heterocycles. The Kier molecular flexibility index (Phi) is 7.85. The highest BCUT2D eigenvalue weighted by Gasteiger charge is 2.35. The third-order valence-electron chi connectivity index (χ3n) is 6.30. The summed E-state index contributed by atoms with van der Waals surface area (Å²) in [4.78, 5) is 22.1. The summed E-state index contributed by atoms with van der Waals surface area (Å²) in [5.74, 6) is -0.786. The van der Waals surface area contributed by atoms with Crippen molar-refractivity contribution in [3.8, 4) is 0 Å². The van der Waals surface area contributed by atoms with Crippen LogP contribution in [0.5, 0.6) is 0 Å². The molecular formula is C25H31FN4O3S2. The SMILES string of the molecule is Cc1ccc(S(=O)(=O)N2CCC(C(=O)N(CCCN(C)C)c3nc4c(F)cccc4s3)CC2)cc1. The van der Waals surface area contributed by atoms with Crippen molar-refractivity contribution >= 4 is 42.6 Å². The van der Waals surface area contributed by atoms with Gasteiger partial charge < -0.3 is 4.90 Å². The summed E-state index contributed by atoms with van der Waals surface area (Å²) in [6, 6.07) is 11.6. The molecule has 35 heavy (non-hydrogen) atoms. The van der Waals surface area contributed by atoms with Crippen molar-refractivity contribution in [1.82, 2.24) is 14.2 Å². The van der Waals surface area contributed by atoms with Crippen LogP contribution in [-0.4, -0.2) is 68.8 Å². The Bertz CT molecular complexity index is 1280. The molecule has 2 aromatic carbocycles. The topological polar surface area (TPSA) is 73.8 Å². The number of benzene rings is 2. The summed E-state index contributed by atoms with van der Waals surface area (Å²) >= 11 is 1.31. The normalized spacial score (nSPS) is 15.7. The zero-order valence-corrected chi connectivity index (χ0v) is 21.9. The Labute approximate surface area is 210 Å². The minimum Gasteiger partial charge on any atom is -0.309 e. The zero-order chi connectivity index (χ0) is 25.2. The molecule has 3 aromatic rings. The highest BCUT2D eigenvalue weighted by molar-refractivity contribution is 7.89. The van der Waals surface area contributed by atoms with Gasteiger partial charge in [-0.25, -0.2) is 17.8 Å². The monoisotopic (exact) mass is 518 g/mol. The van der Waals surface area contributed by atoms with Crippen LogP contribution < -0.4 is 4.90 Å². The first-order valence-electron chi connectivity index (χ1n) is 11.7. The highest BCUT2D eigenvalue weighted by atomic mass is 32.2. The number of rotatable bonds is 8. The van der Waals surface area contributed by atoms with Crippen LogP contribution in [-0.2, 0) is 14.8 Å². The molecule has 4 rings (SSSR count). The summed E-state index contributed by atoms with van der Waals surface area (Å²) in [7, 11) is 0.356. The van der Waals surface area contributed by atoms with E-state index in [2.05, 4.69) is 9.88 Å². The molecule has 0 bridgehead atoms. The fourth-order valence-electron chi connectivity index (χ4n) is 4.29. The van der Waals surface area contributed by atoms with Crippen LogP contribution in [0.2, 0.25) is 0 Å². The molecule has 0 unspecified atom stereocenters. The predicted octanol–water partition coefficient (Wildman–Crippen LogP) is 4.13. The van der Waals surface area contributed by atoms with Gasteiger partial charge in [-0.1, -0.05) is 35.1 Å². The lowest BCUT2D eigenvalue weighted by molar-refractivity contribution is -0.123. The predicted molar refractivity (Wildman–Crippen MR) is 138 cm³/mol. The highest BCUT2D eigenvalue weighted by Crippen LogP contribution is 2.33. The molecule has 0 atom stereocenters. The maximum Gasteiger partial charge on any atom is 0.243 e. The van der Waals surface area contributed by atoms with E-state index in [0.717, 1.165) is 18.5 Å². The van der Waals surface area contributed by atoms with Gasteiger partial charge >= 0.3 is 0 Å². The van der Waals surface area contributed by atoms with E-state index < -0.39 is 15.8 Å². The fraction of sp³-hybridized carbons (Fsp3) is 0.440. The van der Waals surface area contributed by atoms with Crippen LogP contribution >= 0.6 is 11.3 Å². The van der Waals surface area contributed by atoms with Crippen LogP contribution in [0.3, 0.4) is 0 Å². The number of carbonyl (C=O) groups excluding carboxylic acids is 1. The van der Waals surface area contributed by atoms with Gasteiger partial charge in [0.1, 0.15) is 11.3 Å². The molecule has 0 spiro atoms. The number of hydrogen-bond donors (Lipinski definition) is 0. The number of sulfonamides is 1. The lowest BCUT2D eigenvalue weighted by Crippen LogP contribution is -2.45. The molecule has 7 nitrogen and oxygen atoms in total. The van der Waals surface area contributed by atoms with Crippen LogP contribution in [0.25, 0.3) is 10.2 Å². The van der Waals surface area contributed by atoms with E-state index in [0.29, 0.717) is 29.2 Å². The summed E-state index contributed by atoms with van der Waals surface area (Å²) in [6.07, 6.45) is 1.62. The minimum atomic E-state index is -3.60. The van der Waals surface area contributed by atoms with Crippen molar-refractivity contribution in [3.63, 3.8) is 0 Å². The number of amides is 1. The average molecular weight is 519 g/mol. The van der Waals surface area contributed by atoms with E-state index in [1.165, 1.54) is 21.7 Å². The van der Waals surface area contributed by atoms with Crippen molar-refractivity contribution < 1.29 is 17.6 Å². The second-order valence-electron chi connectivity index (χ2n) is 9.22. The van der Waals surface area contributed by atoms with Gasteiger partial charge in [0.2, 0.25) is 15.9 Å². The van der Waals surface area contributed by atoms with Crippen LogP contribution in [0.1, 0.15) is 24.8 Å². The molecule has 0 radical (unpaired) electrons. The number of carbonyl (C=O) groups is 1. The molecule has 1 fully saturated rings. The molecule has 2 heterocycles. The number of halogens is 1. The summed E-state index contributed by atoms with van der Waals surface area (Å²) < 4.78 is 42.5. The smallest absolute Gasteiger partial charge is 0.243 e. The fourth-order valence-corrected chi connectivity index (χ4v) is 6.77. The molecule has 10 heteroatoms. The lowest BCUT2D eigenvalue weighted by atomic mass is 9.96. The first-order valence-corrected chi connectivity index (χ1v) is 14.0. The quantitative estimate of drug-likeness (QED) is 0.448.